The minimum absolute atomic E-state index is 0.103. The summed E-state index contributed by atoms with van der Waals surface area (Å²) in [6.07, 6.45) is 3.40. The first-order valence-electron chi connectivity index (χ1n) is 6.88. The van der Waals surface area contributed by atoms with E-state index in [4.69, 9.17) is 14.9 Å². The third-order valence-corrected chi connectivity index (χ3v) is 5.93. The number of carbonyl (C=O) groups excluding carboxylic acids is 1. The molecule has 2 heterocycles. The Hall–Kier alpha value is -1.64. The highest BCUT2D eigenvalue weighted by Gasteiger charge is 2.38. The number of rotatable bonds is 4. The van der Waals surface area contributed by atoms with Crippen LogP contribution in [0.4, 0.5) is 0 Å². The largest absolute Gasteiger partial charge is 0.496 e. The molecule has 0 radical (unpaired) electrons. The SMILES string of the molecule is COc1cc(OC)c(/C=C2\SC(=N)[C@H](c3nccs3)C2=O)cc1Br. The van der Waals surface area contributed by atoms with Crippen molar-refractivity contribution in [1.29, 1.82) is 5.41 Å². The quantitative estimate of drug-likeness (QED) is 0.738. The van der Waals surface area contributed by atoms with Gasteiger partial charge in [-0.25, -0.2) is 4.98 Å². The first kappa shape index (κ1) is 17.2. The zero-order valence-corrected chi connectivity index (χ0v) is 16.0. The molecular weight excluding hydrogens is 412 g/mol. The number of nitrogens with zero attached hydrogens (tertiary/aromatic N) is 1. The normalized spacial score (nSPS) is 19.1. The number of aromatic nitrogens is 1. The van der Waals surface area contributed by atoms with Crippen LogP contribution in [-0.2, 0) is 4.79 Å². The van der Waals surface area contributed by atoms with Gasteiger partial charge in [0.05, 0.1) is 28.6 Å². The molecule has 1 saturated heterocycles. The fourth-order valence-corrected chi connectivity index (χ4v) is 4.65. The number of Topliss-reactive ketones (excluding diaryl/α,β-unsaturated/α-hetero) is 1. The highest BCUT2D eigenvalue weighted by atomic mass is 79.9. The van der Waals surface area contributed by atoms with Gasteiger partial charge >= 0.3 is 0 Å². The van der Waals surface area contributed by atoms with Crippen LogP contribution in [-0.4, -0.2) is 30.0 Å². The van der Waals surface area contributed by atoms with Gasteiger partial charge in [-0.1, -0.05) is 11.8 Å². The Morgan fingerprint density at radius 3 is 2.67 bits per heavy atom. The molecule has 1 aromatic heterocycles. The van der Waals surface area contributed by atoms with Crippen molar-refractivity contribution in [2.45, 2.75) is 5.92 Å². The maximum atomic E-state index is 12.7. The number of ketones is 1. The molecule has 0 saturated carbocycles. The highest BCUT2D eigenvalue weighted by molar-refractivity contribution is 9.10. The summed E-state index contributed by atoms with van der Waals surface area (Å²) in [6, 6.07) is 3.59. The number of ether oxygens (including phenoxy) is 2. The molecule has 1 aliphatic heterocycles. The minimum Gasteiger partial charge on any atom is -0.496 e. The third-order valence-electron chi connectivity index (χ3n) is 3.48. The van der Waals surface area contributed by atoms with Gasteiger partial charge in [0, 0.05) is 23.2 Å². The van der Waals surface area contributed by atoms with E-state index in [1.807, 2.05) is 11.4 Å². The van der Waals surface area contributed by atoms with E-state index < -0.39 is 5.92 Å². The minimum atomic E-state index is -0.589. The molecule has 2 aromatic rings. The van der Waals surface area contributed by atoms with Crippen molar-refractivity contribution in [2.75, 3.05) is 14.2 Å². The van der Waals surface area contributed by atoms with Crippen LogP contribution in [0.1, 0.15) is 16.5 Å². The van der Waals surface area contributed by atoms with Crippen LogP contribution in [0.25, 0.3) is 6.08 Å². The Morgan fingerprint density at radius 2 is 2.04 bits per heavy atom. The highest BCUT2D eigenvalue weighted by Crippen LogP contribution is 2.42. The third kappa shape index (κ3) is 3.13. The van der Waals surface area contributed by atoms with Crippen molar-refractivity contribution in [3.05, 3.63) is 43.7 Å². The lowest BCUT2D eigenvalue weighted by atomic mass is 10.0. The molecule has 0 amide bonds. The summed E-state index contributed by atoms with van der Waals surface area (Å²) in [5.41, 5.74) is 0.744. The van der Waals surface area contributed by atoms with E-state index in [1.165, 1.54) is 23.1 Å². The number of allylic oxidation sites excluding steroid dienone is 1. The maximum absolute atomic E-state index is 12.7. The summed E-state index contributed by atoms with van der Waals surface area (Å²) in [5.74, 6) is 0.552. The molecular formula is C16H13BrN2O3S2. The molecule has 124 valence electrons. The van der Waals surface area contributed by atoms with Gasteiger partial charge in [0.25, 0.3) is 0 Å². The summed E-state index contributed by atoms with van der Waals surface area (Å²) in [7, 11) is 3.14. The van der Waals surface area contributed by atoms with Gasteiger partial charge < -0.3 is 9.47 Å². The van der Waals surface area contributed by atoms with E-state index in [0.29, 0.717) is 26.5 Å². The summed E-state index contributed by atoms with van der Waals surface area (Å²) in [4.78, 5) is 17.4. The number of carbonyl (C=O) groups is 1. The second-order valence-electron chi connectivity index (χ2n) is 4.87. The lowest BCUT2D eigenvalue weighted by Crippen LogP contribution is -2.11. The van der Waals surface area contributed by atoms with Crippen molar-refractivity contribution >= 4 is 55.9 Å². The van der Waals surface area contributed by atoms with Gasteiger partial charge in [-0.05, 0) is 28.1 Å². The van der Waals surface area contributed by atoms with Crippen LogP contribution in [0, 0.1) is 5.41 Å². The molecule has 8 heteroatoms. The van der Waals surface area contributed by atoms with Crippen molar-refractivity contribution in [3.63, 3.8) is 0 Å². The summed E-state index contributed by atoms with van der Waals surface area (Å²) >= 11 is 6.00. The van der Waals surface area contributed by atoms with Crippen molar-refractivity contribution < 1.29 is 14.3 Å². The topological polar surface area (TPSA) is 72.3 Å². The Balaban J connectivity index is 1.99. The van der Waals surface area contributed by atoms with Crippen molar-refractivity contribution in [1.82, 2.24) is 4.98 Å². The van der Waals surface area contributed by atoms with Gasteiger partial charge in [-0.2, -0.15) is 0 Å². The van der Waals surface area contributed by atoms with E-state index in [1.54, 1.807) is 32.6 Å². The molecule has 5 nitrogen and oxygen atoms in total. The number of halogens is 1. The van der Waals surface area contributed by atoms with E-state index in [-0.39, 0.29) is 5.78 Å². The van der Waals surface area contributed by atoms with E-state index in [0.717, 1.165) is 10.0 Å². The molecule has 0 unspecified atom stereocenters. The molecule has 0 aliphatic carbocycles. The van der Waals surface area contributed by atoms with Gasteiger partial charge in [0.15, 0.2) is 5.78 Å². The van der Waals surface area contributed by atoms with Gasteiger partial charge in [0.2, 0.25) is 0 Å². The number of benzene rings is 1. The van der Waals surface area contributed by atoms with Gasteiger partial charge in [-0.3, -0.25) is 10.2 Å². The molecule has 1 aromatic carbocycles. The number of methoxy groups -OCH3 is 2. The van der Waals surface area contributed by atoms with Crippen LogP contribution in [0.15, 0.2) is 33.1 Å². The number of hydrogen-bond donors (Lipinski definition) is 1. The predicted molar refractivity (Wildman–Crippen MR) is 100 cm³/mol. The molecule has 1 N–H and O–H groups in total. The summed E-state index contributed by atoms with van der Waals surface area (Å²) < 4.78 is 11.4. The number of thiazole rings is 1. The fourth-order valence-electron chi connectivity index (χ4n) is 2.33. The molecule has 1 atom stereocenters. The fraction of sp³-hybridized carbons (Fsp3) is 0.188. The van der Waals surface area contributed by atoms with E-state index in [9.17, 15) is 4.79 Å². The lowest BCUT2D eigenvalue weighted by molar-refractivity contribution is -0.114. The molecule has 0 spiro atoms. The zero-order valence-electron chi connectivity index (χ0n) is 12.8. The van der Waals surface area contributed by atoms with Crippen molar-refractivity contribution in [3.8, 4) is 11.5 Å². The van der Waals surface area contributed by atoms with Crippen LogP contribution in [0.2, 0.25) is 0 Å². The second kappa shape index (κ2) is 7.08. The molecule has 3 rings (SSSR count). The lowest BCUT2D eigenvalue weighted by Gasteiger charge is -2.10. The number of hydrogen-bond acceptors (Lipinski definition) is 7. The Bertz CT molecular complexity index is 834. The van der Waals surface area contributed by atoms with E-state index in [2.05, 4.69) is 20.9 Å². The molecule has 1 aliphatic rings. The monoisotopic (exact) mass is 424 g/mol. The summed E-state index contributed by atoms with van der Waals surface area (Å²) in [5, 5.41) is 10.9. The maximum Gasteiger partial charge on any atom is 0.186 e. The van der Waals surface area contributed by atoms with Crippen molar-refractivity contribution in [2.24, 2.45) is 0 Å². The first-order chi connectivity index (χ1) is 11.5. The van der Waals surface area contributed by atoms with Crippen LogP contribution >= 0.6 is 39.0 Å². The number of thioether (sulfide) groups is 1. The Kier molecular flexibility index (Phi) is 5.07. The zero-order chi connectivity index (χ0) is 17.3. The molecule has 0 bridgehead atoms. The number of nitrogens with one attached hydrogen (secondary N) is 1. The average molecular weight is 425 g/mol. The van der Waals surface area contributed by atoms with Crippen LogP contribution < -0.4 is 9.47 Å². The van der Waals surface area contributed by atoms with Crippen LogP contribution in [0.5, 0.6) is 11.5 Å². The first-order valence-corrected chi connectivity index (χ1v) is 9.37. The Labute approximate surface area is 155 Å². The van der Waals surface area contributed by atoms with Gasteiger partial charge in [0.1, 0.15) is 22.4 Å². The Morgan fingerprint density at radius 1 is 1.29 bits per heavy atom. The molecule has 24 heavy (non-hydrogen) atoms. The average Bonchev–Trinajstić information content (AvgIpc) is 3.16. The standard InChI is InChI=1S/C16H13BrN2O3S2/c1-21-10-7-11(22-2)9(17)5-8(10)6-12-14(20)13(15(18)24-12)16-19-3-4-23-16/h3-7,13,18H,1-2H3/b12-6-,18-15?/t13-/m1/s1. The molecule has 1 fully saturated rings. The van der Waals surface area contributed by atoms with Gasteiger partial charge in [-0.15, -0.1) is 11.3 Å². The van der Waals surface area contributed by atoms with E-state index >= 15 is 0 Å². The predicted octanol–water partition coefficient (Wildman–Crippen LogP) is 4.34. The second-order valence-corrected chi connectivity index (χ2v) is 7.74. The van der Waals surface area contributed by atoms with Crippen LogP contribution in [0.3, 0.4) is 0 Å². The smallest absolute Gasteiger partial charge is 0.186 e. The summed E-state index contributed by atoms with van der Waals surface area (Å²) in [6.45, 7) is 0.